The van der Waals surface area contributed by atoms with Gasteiger partial charge in [0.25, 0.3) is 0 Å². The van der Waals surface area contributed by atoms with Crippen LogP contribution in [0.4, 0.5) is 5.13 Å². The van der Waals surface area contributed by atoms with E-state index in [2.05, 4.69) is 60.1 Å². The van der Waals surface area contributed by atoms with Gasteiger partial charge in [-0.3, -0.25) is 4.99 Å². The van der Waals surface area contributed by atoms with E-state index in [-0.39, 0.29) is 24.0 Å². The molecular formula is C17H27IN6S2. The predicted octanol–water partition coefficient (Wildman–Crippen LogP) is 3.28. The second kappa shape index (κ2) is 10.4. The number of aryl methyl sites for hydroxylation is 1. The van der Waals surface area contributed by atoms with Crippen molar-refractivity contribution in [3.8, 4) is 0 Å². The summed E-state index contributed by atoms with van der Waals surface area (Å²) in [5, 5.41) is 8.94. The molecule has 9 heteroatoms. The summed E-state index contributed by atoms with van der Waals surface area (Å²) in [6.07, 6.45) is 0.898. The molecule has 0 spiro atoms. The summed E-state index contributed by atoms with van der Waals surface area (Å²) < 4.78 is 4.39. The van der Waals surface area contributed by atoms with Gasteiger partial charge in [0.2, 0.25) is 5.13 Å². The molecule has 144 valence electrons. The molecule has 1 aliphatic heterocycles. The van der Waals surface area contributed by atoms with Crippen molar-refractivity contribution < 1.29 is 0 Å². The third-order valence-corrected chi connectivity index (χ3v) is 6.03. The largest absolute Gasteiger partial charge is 0.356 e. The Morgan fingerprint density at radius 1 is 1.35 bits per heavy atom. The minimum atomic E-state index is 0. The molecule has 1 aliphatic rings. The summed E-state index contributed by atoms with van der Waals surface area (Å²) in [6, 6.07) is 2.20. The van der Waals surface area contributed by atoms with E-state index in [1.807, 2.05) is 7.05 Å². The Morgan fingerprint density at radius 3 is 2.69 bits per heavy atom. The summed E-state index contributed by atoms with van der Waals surface area (Å²) in [5.74, 6) is 2.42. The van der Waals surface area contributed by atoms with Crippen LogP contribution in [0.3, 0.4) is 0 Å². The number of nitrogens with one attached hydrogen (secondary N) is 1. The molecule has 2 aromatic heterocycles. The first-order valence-corrected chi connectivity index (χ1v) is 10.5. The summed E-state index contributed by atoms with van der Waals surface area (Å²) in [6.45, 7) is 9.07. The zero-order valence-electron chi connectivity index (χ0n) is 15.5. The van der Waals surface area contributed by atoms with Crippen molar-refractivity contribution in [1.82, 2.24) is 19.6 Å². The number of piperazine rings is 1. The maximum Gasteiger partial charge on any atom is 0.205 e. The van der Waals surface area contributed by atoms with Gasteiger partial charge in [-0.2, -0.15) is 15.7 Å². The van der Waals surface area contributed by atoms with Gasteiger partial charge in [-0.1, -0.05) is 13.8 Å². The molecule has 3 heterocycles. The number of halogens is 1. The third-order valence-electron chi connectivity index (χ3n) is 4.51. The number of guanidine groups is 1. The lowest BCUT2D eigenvalue weighted by Crippen LogP contribution is -2.53. The fourth-order valence-corrected chi connectivity index (χ4v) is 4.46. The minimum Gasteiger partial charge on any atom is -0.356 e. The van der Waals surface area contributed by atoms with Crippen LogP contribution in [-0.2, 0) is 6.42 Å². The summed E-state index contributed by atoms with van der Waals surface area (Å²) in [5.41, 5.74) is 1.39. The summed E-state index contributed by atoms with van der Waals surface area (Å²) >= 11 is 3.26. The molecule has 1 unspecified atom stereocenters. The van der Waals surface area contributed by atoms with E-state index >= 15 is 0 Å². The Hall–Kier alpha value is -0.940. The van der Waals surface area contributed by atoms with Crippen LogP contribution in [0, 0.1) is 0 Å². The maximum atomic E-state index is 4.60. The van der Waals surface area contributed by atoms with Crippen LogP contribution >= 0.6 is 46.8 Å². The van der Waals surface area contributed by atoms with Gasteiger partial charge in [-0.05, 0) is 28.3 Å². The topological polar surface area (TPSA) is 56.7 Å². The molecule has 26 heavy (non-hydrogen) atoms. The van der Waals surface area contributed by atoms with Gasteiger partial charge in [0.15, 0.2) is 5.96 Å². The van der Waals surface area contributed by atoms with Gasteiger partial charge >= 0.3 is 0 Å². The standard InChI is InChI=1S/C17H26N6S2.HI/c1-4-15-20-17(25-21-15)23-8-6-22(7-9-23)16(18-3)19-11-13(2)14-5-10-24-12-14;/h5,10,12-13H,4,6-9,11H2,1-3H3,(H,18,19);1H. The normalized spacial score (nSPS) is 16.3. The van der Waals surface area contributed by atoms with Crippen molar-refractivity contribution in [1.29, 1.82) is 0 Å². The van der Waals surface area contributed by atoms with E-state index in [0.29, 0.717) is 5.92 Å². The lowest BCUT2D eigenvalue weighted by molar-refractivity contribution is 0.371. The Kier molecular flexibility index (Phi) is 8.55. The monoisotopic (exact) mass is 506 g/mol. The van der Waals surface area contributed by atoms with Crippen molar-refractivity contribution >= 4 is 57.9 Å². The molecule has 1 saturated heterocycles. The van der Waals surface area contributed by atoms with Gasteiger partial charge in [0, 0.05) is 57.7 Å². The molecule has 6 nitrogen and oxygen atoms in total. The zero-order chi connectivity index (χ0) is 17.6. The molecule has 0 aliphatic carbocycles. The molecule has 2 aromatic rings. The lowest BCUT2D eigenvalue weighted by atomic mass is 10.1. The van der Waals surface area contributed by atoms with Crippen molar-refractivity contribution in [2.75, 3.05) is 44.7 Å². The molecular weight excluding hydrogens is 479 g/mol. The van der Waals surface area contributed by atoms with Crippen LogP contribution in [0.1, 0.15) is 31.2 Å². The smallest absolute Gasteiger partial charge is 0.205 e. The van der Waals surface area contributed by atoms with Gasteiger partial charge in [-0.25, -0.2) is 4.98 Å². The van der Waals surface area contributed by atoms with Crippen LogP contribution in [0.2, 0.25) is 0 Å². The van der Waals surface area contributed by atoms with Gasteiger partial charge in [-0.15, -0.1) is 24.0 Å². The molecule has 0 radical (unpaired) electrons. The van der Waals surface area contributed by atoms with Crippen LogP contribution < -0.4 is 10.2 Å². The zero-order valence-corrected chi connectivity index (χ0v) is 19.5. The minimum absolute atomic E-state index is 0. The number of hydrogen-bond acceptors (Lipinski definition) is 6. The van der Waals surface area contributed by atoms with Gasteiger partial charge in [0.05, 0.1) is 0 Å². The van der Waals surface area contributed by atoms with E-state index in [4.69, 9.17) is 0 Å². The molecule has 0 aromatic carbocycles. The molecule has 0 saturated carbocycles. The third kappa shape index (κ3) is 5.29. The van der Waals surface area contributed by atoms with Gasteiger partial charge < -0.3 is 15.1 Å². The Balaban J connectivity index is 0.00000243. The fourth-order valence-electron chi connectivity index (χ4n) is 2.88. The van der Waals surface area contributed by atoms with Crippen LogP contribution in [0.25, 0.3) is 0 Å². The highest BCUT2D eigenvalue weighted by Gasteiger charge is 2.22. The summed E-state index contributed by atoms with van der Waals surface area (Å²) in [4.78, 5) is 13.7. The average molecular weight is 506 g/mol. The van der Waals surface area contributed by atoms with E-state index in [1.165, 1.54) is 17.1 Å². The molecule has 1 N–H and O–H groups in total. The SMILES string of the molecule is CCc1nsc(N2CCN(C(=NC)NCC(C)c3ccsc3)CC2)n1.I. The highest BCUT2D eigenvalue weighted by molar-refractivity contribution is 14.0. The second-order valence-electron chi connectivity index (χ2n) is 6.21. The number of nitrogens with zero attached hydrogens (tertiary/aromatic N) is 5. The Labute approximate surface area is 180 Å². The molecule has 1 atom stereocenters. The average Bonchev–Trinajstić information content (AvgIpc) is 3.34. The van der Waals surface area contributed by atoms with Crippen molar-refractivity contribution in [3.05, 3.63) is 28.2 Å². The van der Waals surface area contributed by atoms with Crippen LogP contribution in [-0.4, -0.2) is 60.0 Å². The number of aromatic nitrogens is 2. The lowest BCUT2D eigenvalue weighted by Gasteiger charge is -2.36. The van der Waals surface area contributed by atoms with Crippen molar-refractivity contribution in [2.24, 2.45) is 4.99 Å². The molecule has 1 fully saturated rings. The first-order chi connectivity index (χ1) is 12.2. The highest BCUT2D eigenvalue weighted by atomic mass is 127. The number of anilines is 1. The van der Waals surface area contributed by atoms with E-state index in [0.717, 1.165) is 56.1 Å². The van der Waals surface area contributed by atoms with E-state index in [9.17, 15) is 0 Å². The van der Waals surface area contributed by atoms with Gasteiger partial charge in [0.1, 0.15) is 5.82 Å². The molecule has 3 rings (SSSR count). The van der Waals surface area contributed by atoms with Crippen molar-refractivity contribution in [2.45, 2.75) is 26.2 Å². The summed E-state index contributed by atoms with van der Waals surface area (Å²) in [7, 11) is 1.86. The quantitative estimate of drug-likeness (QED) is 0.383. The van der Waals surface area contributed by atoms with Crippen LogP contribution in [0.15, 0.2) is 21.8 Å². The van der Waals surface area contributed by atoms with Crippen LogP contribution in [0.5, 0.6) is 0 Å². The van der Waals surface area contributed by atoms with Crippen molar-refractivity contribution in [3.63, 3.8) is 0 Å². The number of thiophene rings is 1. The first-order valence-electron chi connectivity index (χ1n) is 8.76. The first kappa shape index (κ1) is 21.4. The molecule has 0 amide bonds. The number of aliphatic imine (C=N–C) groups is 1. The Morgan fingerprint density at radius 2 is 2.12 bits per heavy atom. The number of hydrogen-bond donors (Lipinski definition) is 1. The molecule has 0 bridgehead atoms. The second-order valence-corrected chi connectivity index (χ2v) is 7.72. The predicted molar refractivity (Wildman–Crippen MR) is 123 cm³/mol. The maximum absolute atomic E-state index is 4.60. The van der Waals surface area contributed by atoms with E-state index < -0.39 is 0 Å². The number of rotatable bonds is 5. The Bertz CT molecular complexity index is 679. The highest BCUT2D eigenvalue weighted by Crippen LogP contribution is 2.20. The fraction of sp³-hybridized carbons (Fsp3) is 0.588. The van der Waals surface area contributed by atoms with E-state index in [1.54, 1.807) is 11.3 Å².